The molecule has 0 aliphatic rings. The van der Waals surface area contributed by atoms with Crippen molar-refractivity contribution in [1.82, 2.24) is 10.4 Å². The van der Waals surface area contributed by atoms with Crippen molar-refractivity contribution in [2.24, 2.45) is 5.10 Å². The molecule has 0 saturated carbocycles. The lowest BCUT2D eigenvalue weighted by Gasteiger charge is -2.00. The zero-order valence-electron chi connectivity index (χ0n) is 11.9. The molecule has 3 rings (SSSR count). The van der Waals surface area contributed by atoms with Crippen LogP contribution in [-0.2, 0) is 0 Å². The number of rotatable bonds is 3. The van der Waals surface area contributed by atoms with Crippen molar-refractivity contribution in [2.45, 2.75) is 6.92 Å². The highest BCUT2D eigenvalue weighted by Gasteiger charge is 2.06. The number of carbonyl (C=O) groups is 1. The standard InChI is InChI=1S/C17H14IN3O/c1-11-15(14-7-2-3-8-16(14)20-11)10-19-21-17(22)12-5-4-6-13(18)9-12/h2-10,20H,1H3,(H,21,22). The molecule has 5 heteroatoms. The van der Waals surface area contributed by atoms with Crippen molar-refractivity contribution in [2.75, 3.05) is 0 Å². The molecule has 0 saturated heterocycles. The van der Waals surface area contributed by atoms with Gasteiger partial charge in [0.2, 0.25) is 0 Å². The Morgan fingerprint density at radius 3 is 2.86 bits per heavy atom. The van der Waals surface area contributed by atoms with Crippen LogP contribution in [0.25, 0.3) is 10.9 Å². The van der Waals surface area contributed by atoms with E-state index in [4.69, 9.17) is 0 Å². The molecule has 3 aromatic rings. The summed E-state index contributed by atoms with van der Waals surface area (Å²) in [7, 11) is 0. The van der Waals surface area contributed by atoms with E-state index >= 15 is 0 Å². The number of hydrogen-bond acceptors (Lipinski definition) is 2. The highest BCUT2D eigenvalue weighted by Crippen LogP contribution is 2.19. The van der Waals surface area contributed by atoms with Crippen molar-refractivity contribution in [1.29, 1.82) is 0 Å². The zero-order chi connectivity index (χ0) is 15.5. The van der Waals surface area contributed by atoms with Gasteiger partial charge >= 0.3 is 0 Å². The first-order chi connectivity index (χ1) is 10.6. The lowest BCUT2D eigenvalue weighted by atomic mass is 10.1. The van der Waals surface area contributed by atoms with Crippen LogP contribution in [-0.4, -0.2) is 17.1 Å². The van der Waals surface area contributed by atoms with E-state index in [0.29, 0.717) is 5.56 Å². The van der Waals surface area contributed by atoms with Crippen LogP contribution in [0.2, 0.25) is 0 Å². The van der Waals surface area contributed by atoms with Crippen LogP contribution in [0.5, 0.6) is 0 Å². The molecule has 0 aliphatic heterocycles. The largest absolute Gasteiger partial charge is 0.358 e. The van der Waals surface area contributed by atoms with Crippen LogP contribution in [0.15, 0.2) is 53.6 Å². The second-order valence-corrected chi connectivity index (χ2v) is 6.16. The SMILES string of the molecule is Cc1[nH]c2ccccc2c1C=NNC(=O)c1cccc(I)c1. The van der Waals surface area contributed by atoms with E-state index in [1.807, 2.05) is 49.4 Å². The van der Waals surface area contributed by atoms with Gasteiger partial charge in [0.05, 0.1) is 6.21 Å². The van der Waals surface area contributed by atoms with Gasteiger partial charge in [-0.15, -0.1) is 0 Å². The average Bonchev–Trinajstić information content (AvgIpc) is 2.83. The number of aryl methyl sites for hydroxylation is 1. The number of aromatic nitrogens is 1. The summed E-state index contributed by atoms with van der Waals surface area (Å²) in [6, 6.07) is 15.4. The van der Waals surface area contributed by atoms with Gasteiger partial charge in [0, 0.05) is 31.3 Å². The molecule has 0 aliphatic carbocycles. The van der Waals surface area contributed by atoms with E-state index in [9.17, 15) is 4.79 Å². The Kier molecular flexibility index (Phi) is 4.24. The van der Waals surface area contributed by atoms with E-state index in [1.54, 1.807) is 12.3 Å². The van der Waals surface area contributed by atoms with Crippen molar-refractivity contribution < 1.29 is 4.79 Å². The quantitative estimate of drug-likeness (QED) is 0.390. The Morgan fingerprint density at radius 2 is 2.05 bits per heavy atom. The number of fused-ring (bicyclic) bond motifs is 1. The maximum absolute atomic E-state index is 12.0. The Hall–Kier alpha value is -2.15. The summed E-state index contributed by atoms with van der Waals surface area (Å²) in [5.74, 6) is -0.215. The number of halogens is 1. The molecule has 1 amide bonds. The van der Waals surface area contributed by atoms with Crippen LogP contribution in [0.1, 0.15) is 21.6 Å². The maximum atomic E-state index is 12.0. The van der Waals surface area contributed by atoms with E-state index in [0.717, 1.165) is 25.7 Å². The Bertz CT molecular complexity index is 867. The van der Waals surface area contributed by atoms with Gasteiger partial charge in [0.15, 0.2) is 0 Å². The smallest absolute Gasteiger partial charge is 0.271 e. The number of hydrazone groups is 1. The monoisotopic (exact) mass is 403 g/mol. The summed E-state index contributed by atoms with van der Waals surface area (Å²) < 4.78 is 1.02. The third-order valence-corrected chi connectivity index (χ3v) is 4.06. The number of para-hydroxylation sites is 1. The Balaban J connectivity index is 1.79. The Morgan fingerprint density at radius 1 is 1.23 bits per heavy atom. The molecule has 1 aromatic heterocycles. The molecule has 0 radical (unpaired) electrons. The minimum Gasteiger partial charge on any atom is -0.358 e. The van der Waals surface area contributed by atoms with Crippen molar-refractivity contribution in [3.8, 4) is 0 Å². The predicted molar refractivity (Wildman–Crippen MR) is 97.3 cm³/mol. The summed E-state index contributed by atoms with van der Waals surface area (Å²) >= 11 is 2.18. The molecule has 0 atom stereocenters. The number of aromatic amines is 1. The molecule has 2 aromatic carbocycles. The van der Waals surface area contributed by atoms with Crippen LogP contribution < -0.4 is 5.43 Å². The molecule has 22 heavy (non-hydrogen) atoms. The van der Waals surface area contributed by atoms with Crippen LogP contribution >= 0.6 is 22.6 Å². The van der Waals surface area contributed by atoms with Gasteiger partial charge in [-0.1, -0.05) is 24.3 Å². The number of carbonyl (C=O) groups excluding carboxylic acids is 1. The van der Waals surface area contributed by atoms with E-state index in [-0.39, 0.29) is 5.91 Å². The fourth-order valence-corrected chi connectivity index (χ4v) is 2.86. The third-order valence-electron chi connectivity index (χ3n) is 3.39. The van der Waals surface area contributed by atoms with Gasteiger partial charge in [-0.2, -0.15) is 5.10 Å². The van der Waals surface area contributed by atoms with E-state index in [1.165, 1.54) is 0 Å². The van der Waals surface area contributed by atoms with Gasteiger partial charge in [-0.05, 0) is 53.8 Å². The minimum atomic E-state index is -0.215. The topological polar surface area (TPSA) is 57.2 Å². The number of amides is 1. The van der Waals surface area contributed by atoms with Crippen LogP contribution in [0.3, 0.4) is 0 Å². The molecule has 1 heterocycles. The summed E-state index contributed by atoms with van der Waals surface area (Å²) in [6.07, 6.45) is 1.68. The van der Waals surface area contributed by atoms with Crippen molar-refractivity contribution in [3.63, 3.8) is 0 Å². The first-order valence-corrected chi connectivity index (χ1v) is 7.89. The van der Waals surface area contributed by atoms with Crippen LogP contribution in [0, 0.1) is 10.5 Å². The lowest BCUT2D eigenvalue weighted by Crippen LogP contribution is -2.17. The molecule has 0 fully saturated rings. The van der Waals surface area contributed by atoms with Gasteiger partial charge in [0.25, 0.3) is 5.91 Å². The predicted octanol–water partition coefficient (Wildman–Crippen LogP) is 3.84. The maximum Gasteiger partial charge on any atom is 0.271 e. The molecular weight excluding hydrogens is 389 g/mol. The summed E-state index contributed by atoms with van der Waals surface area (Å²) in [4.78, 5) is 15.3. The molecule has 4 nitrogen and oxygen atoms in total. The fourth-order valence-electron chi connectivity index (χ4n) is 2.31. The first kappa shape index (κ1) is 14.8. The third kappa shape index (κ3) is 3.04. The van der Waals surface area contributed by atoms with Gasteiger partial charge < -0.3 is 4.98 Å². The molecule has 2 N–H and O–H groups in total. The fraction of sp³-hybridized carbons (Fsp3) is 0.0588. The van der Waals surface area contributed by atoms with Crippen molar-refractivity contribution in [3.05, 3.63) is 68.9 Å². The summed E-state index contributed by atoms with van der Waals surface area (Å²) in [6.45, 7) is 1.99. The number of benzene rings is 2. The van der Waals surface area contributed by atoms with Gasteiger partial charge in [-0.3, -0.25) is 4.79 Å². The van der Waals surface area contributed by atoms with Gasteiger partial charge in [0.1, 0.15) is 0 Å². The Labute approximate surface area is 141 Å². The highest BCUT2D eigenvalue weighted by atomic mass is 127. The highest BCUT2D eigenvalue weighted by molar-refractivity contribution is 14.1. The normalized spacial score (nSPS) is 11.2. The number of nitrogens with one attached hydrogen (secondary N) is 2. The van der Waals surface area contributed by atoms with Crippen LogP contribution in [0.4, 0.5) is 0 Å². The molecule has 110 valence electrons. The number of hydrogen-bond donors (Lipinski definition) is 2. The first-order valence-electron chi connectivity index (χ1n) is 6.81. The molecule has 0 unspecified atom stereocenters. The average molecular weight is 403 g/mol. The van der Waals surface area contributed by atoms with Gasteiger partial charge in [-0.25, -0.2) is 5.43 Å². The number of nitrogens with zero attached hydrogens (tertiary/aromatic N) is 1. The second kappa shape index (κ2) is 6.31. The molecular formula is C17H14IN3O. The minimum absolute atomic E-state index is 0.215. The molecule has 0 spiro atoms. The molecule has 0 bridgehead atoms. The second-order valence-electron chi connectivity index (χ2n) is 4.92. The zero-order valence-corrected chi connectivity index (χ0v) is 14.1. The summed E-state index contributed by atoms with van der Waals surface area (Å²) in [5.41, 5.74) is 6.23. The lowest BCUT2D eigenvalue weighted by molar-refractivity contribution is 0.0955. The van der Waals surface area contributed by atoms with E-state index in [2.05, 4.69) is 38.1 Å². The number of H-pyrrole nitrogens is 1. The van der Waals surface area contributed by atoms with E-state index < -0.39 is 0 Å². The summed E-state index contributed by atoms with van der Waals surface area (Å²) in [5, 5.41) is 5.17. The van der Waals surface area contributed by atoms with Crippen molar-refractivity contribution >= 4 is 45.6 Å².